The van der Waals surface area contributed by atoms with Gasteiger partial charge in [-0.1, -0.05) is 42.7 Å². The van der Waals surface area contributed by atoms with E-state index in [1.54, 1.807) is 11.0 Å². The van der Waals surface area contributed by atoms with Crippen LogP contribution in [0.25, 0.3) is 0 Å². The maximum absolute atomic E-state index is 12.7. The lowest BCUT2D eigenvalue weighted by atomic mass is 9.90. The molecule has 1 saturated carbocycles. The van der Waals surface area contributed by atoms with Crippen LogP contribution in [0.4, 0.5) is 10.8 Å². The second kappa shape index (κ2) is 7.64. The van der Waals surface area contributed by atoms with Crippen molar-refractivity contribution in [3.8, 4) is 5.75 Å². The maximum Gasteiger partial charge on any atom is 0.269 e. The molecule has 0 spiro atoms. The number of hydrogen-bond donors (Lipinski definition) is 1. The summed E-state index contributed by atoms with van der Waals surface area (Å²) < 4.78 is 5.82. The van der Waals surface area contributed by atoms with E-state index < -0.39 is 6.10 Å². The Labute approximate surface area is 161 Å². The lowest BCUT2D eigenvalue weighted by Crippen LogP contribution is -2.48. The maximum atomic E-state index is 12.7. The van der Waals surface area contributed by atoms with Gasteiger partial charge in [-0.15, -0.1) is 10.2 Å². The average molecular weight is 386 g/mol. The summed E-state index contributed by atoms with van der Waals surface area (Å²) in [4.78, 5) is 26.2. The molecular formula is C19H22N4O3S. The number of anilines is 2. The highest BCUT2D eigenvalue weighted by molar-refractivity contribution is 7.15. The monoisotopic (exact) mass is 386 g/mol. The van der Waals surface area contributed by atoms with Gasteiger partial charge in [-0.25, -0.2) is 0 Å². The van der Waals surface area contributed by atoms with Crippen LogP contribution >= 0.6 is 11.3 Å². The van der Waals surface area contributed by atoms with E-state index in [-0.39, 0.29) is 18.4 Å². The SMILES string of the molecule is CC(=O)N1C[C@H](C(=O)Nc2nnc(C3CCCCC3)s2)Oc2ccccc21. The van der Waals surface area contributed by atoms with E-state index in [0.717, 1.165) is 17.8 Å². The molecule has 2 aromatic rings. The van der Waals surface area contributed by atoms with Gasteiger partial charge in [-0.2, -0.15) is 0 Å². The fourth-order valence-electron chi connectivity index (χ4n) is 3.65. The van der Waals surface area contributed by atoms with Gasteiger partial charge < -0.3 is 9.64 Å². The smallest absolute Gasteiger partial charge is 0.269 e. The van der Waals surface area contributed by atoms with E-state index in [1.165, 1.54) is 37.5 Å². The van der Waals surface area contributed by atoms with Gasteiger partial charge in [0.2, 0.25) is 11.0 Å². The Bertz CT molecular complexity index is 847. The van der Waals surface area contributed by atoms with Crippen molar-refractivity contribution >= 4 is 34.0 Å². The van der Waals surface area contributed by atoms with E-state index in [9.17, 15) is 9.59 Å². The number of fused-ring (bicyclic) bond motifs is 1. The number of ether oxygens (including phenoxy) is 1. The minimum absolute atomic E-state index is 0.126. The van der Waals surface area contributed by atoms with Gasteiger partial charge in [0.05, 0.1) is 12.2 Å². The predicted octanol–water partition coefficient (Wildman–Crippen LogP) is 3.34. The first-order chi connectivity index (χ1) is 13.1. The summed E-state index contributed by atoms with van der Waals surface area (Å²) in [5, 5.41) is 12.7. The van der Waals surface area contributed by atoms with Crippen LogP contribution in [0.5, 0.6) is 5.75 Å². The third-order valence-electron chi connectivity index (χ3n) is 5.07. The summed E-state index contributed by atoms with van der Waals surface area (Å²) in [5.74, 6) is 0.535. The quantitative estimate of drug-likeness (QED) is 0.875. The molecule has 1 aromatic carbocycles. The highest BCUT2D eigenvalue weighted by Crippen LogP contribution is 2.36. The Hall–Kier alpha value is -2.48. The zero-order valence-electron chi connectivity index (χ0n) is 15.2. The van der Waals surface area contributed by atoms with E-state index in [0.29, 0.717) is 22.5 Å². The molecule has 142 valence electrons. The van der Waals surface area contributed by atoms with Gasteiger partial charge in [0.15, 0.2) is 6.10 Å². The highest BCUT2D eigenvalue weighted by atomic mass is 32.1. The number of nitrogens with zero attached hydrogens (tertiary/aromatic N) is 3. The first kappa shape index (κ1) is 17.9. The van der Waals surface area contributed by atoms with Crippen molar-refractivity contribution in [2.75, 3.05) is 16.8 Å². The van der Waals surface area contributed by atoms with Crippen molar-refractivity contribution in [1.29, 1.82) is 0 Å². The van der Waals surface area contributed by atoms with Crippen molar-refractivity contribution in [1.82, 2.24) is 10.2 Å². The summed E-state index contributed by atoms with van der Waals surface area (Å²) in [6.07, 6.45) is 5.22. The normalized spacial score (nSPS) is 19.9. The van der Waals surface area contributed by atoms with Gasteiger partial charge in [0.25, 0.3) is 5.91 Å². The van der Waals surface area contributed by atoms with Gasteiger partial charge in [0.1, 0.15) is 10.8 Å². The first-order valence-corrected chi connectivity index (χ1v) is 10.1. The van der Waals surface area contributed by atoms with Gasteiger partial charge >= 0.3 is 0 Å². The van der Waals surface area contributed by atoms with Crippen LogP contribution < -0.4 is 15.0 Å². The number of rotatable bonds is 3. The highest BCUT2D eigenvalue weighted by Gasteiger charge is 2.33. The summed E-state index contributed by atoms with van der Waals surface area (Å²) in [6.45, 7) is 1.66. The Morgan fingerprint density at radius 2 is 1.96 bits per heavy atom. The number of aromatic nitrogens is 2. The minimum atomic E-state index is -0.786. The fraction of sp³-hybridized carbons (Fsp3) is 0.474. The Kier molecular flexibility index (Phi) is 5.07. The molecule has 2 heterocycles. The number of amides is 2. The third-order valence-corrected chi connectivity index (χ3v) is 6.07. The third kappa shape index (κ3) is 3.80. The van der Waals surface area contributed by atoms with E-state index in [2.05, 4.69) is 15.5 Å². The molecule has 27 heavy (non-hydrogen) atoms. The van der Waals surface area contributed by atoms with Crippen LogP contribution in [0, 0.1) is 0 Å². The molecule has 7 nitrogen and oxygen atoms in total. The molecule has 0 saturated heterocycles. The van der Waals surface area contributed by atoms with Crippen LogP contribution in [0.15, 0.2) is 24.3 Å². The first-order valence-electron chi connectivity index (χ1n) is 9.30. The molecule has 1 aliphatic carbocycles. The van der Waals surface area contributed by atoms with Crippen LogP contribution in [-0.4, -0.2) is 34.7 Å². The molecule has 2 amide bonds. The molecule has 8 heteroatoms. The molecule has 2 aliphatic rings. The lowest BCUT2D eigenvalue weighted by molar-refractivity contribution is -0.123. The van der Waals surface area contributed by atoms with Gasteiger partial charge in [0, 0.05) is 12.8 Å². The second-order valence-electron chi connectivity index (χ2n) is 6.97. The number of carbonyl (C=O) groups excluding carboxylic acids is 2. The van der Waals surface area contributed by atoms with Crippen molar-refractivity contribution < 1.29 is 14.3 Å². The Balaban J connectivity index is 1.46. The fourth-order valence-corrected chi connectivity index (χ4v) is 4.57. The number of hydrogen-bond acceptors (Lipinski definition) is 6. The van der Waals surface area contributed by atoms with Crippen molar-refractivity contribution in [3.05, 3.63) is 29.3 Å². The zero-order chi connectivity index (χ0) is 18.8. The topological polar surface area (TPSA) is 84.4 Å². The van der Waals surface area contributed by atoms with Crippen LogP contribution in [0.1, 0.15) is 50.0 Å². The van der Waals surface area contributed by atoms with E-state index in [4.69, 9.17) is 4.74 Å². The second-order valence-corrected chi connectivity index (χ2v) is 7.98. The minimum Gasteiger partial charge on any atom is -0.476 e. The van der Waals surface area contributed by atoms with Gasteiger partial charge in [-0.3, -0.25) is 14.9 Å². The largest absolute Gasteiger partial charge is 0.476 e. The molecule has 0 bridgehead atoms. The Morgan fingerprint density at radius 3 is 2.74 bits per heavy atom. The molecule has 1 aromatic heterocycles. The average Bonchev–Trinajstić information content (AvgIpc) is 3.16. The van der Waals surface area contributed by atoms with Crippen molar-refractivity contribution in [3.63, 3.8) is 0 Å². The molecule has 4 rings (SSSR count). The summed E-state index contributed by atoms with van der Waals surface area (Å²) in [5.41, 5.74) is 0.685. The van der Waals surface area contributed by atoms with Crippen molar-refractivity contribution in [2.24, 2.45) is 0 Å². The standard InChI is InChI=1S/C19H22N4O3S/c1-12(24)23-11-16(26-15-10-6-5-9-14(15)23)17(25)20-19-22-21-18(27-19)13-7-3-2-4-8-13/h5-6,9-10,13,16H,2-4,7-8,11H2,1H3,(H,20,22,25)/t16-/m1/s1. The van der Waals surface area contributed by atoms with E-state index >= 15 is 0 Å². The molecular weight excluding hydrogens is 364 g/mol. The number of nitrogens with one attached hydrogen (secondary N) is 1. The van der Waals surface area contributed by atoms with Crippen LogP contribution in [-0.2, 0) is 9.59 Å². The number of carbonyl (C=O) groups is 2. The molecule has 0 unspecified atom stereocenters. The van der Waals surface area contributed by atoms with Crippen LogP contribution in [0.2, 0.25) is 0 Å². The number of para-hydroxylation sites is 2. The molecule has 1 atom stereocenters. The van der Waals surface area contributed by atoms with E-state index in [1.807, 2.05) is 18.2 Å². The predicted molar refractivity (Wildman–Crippen MR) is 103 cm³/mol. The summed E-state index contributed by atoms with van der Waals surface area (Å²) in [7, 11) is 0. The molecule has 1 fully saturated rings. The van der Waals surface area contributed by atoms with Crippen molar-refractivity contribution in [2.45, 2.75) is 51.0 Å². The number of benzene rings is 1. The van der Waals surface area contributed by atoms with Gasteiger partial charge in [-0.05, 0) is 25.0 Å². The summed E-state index contributed by atoms with van der Waals surface area (Å²) in [6, 6.07) is 7.23. The molecule has 1 N–H and O–H groups in total. The lowest BCUT2D eigenvalue weighted by Gasteiger charge is -2.33. The Morgan fingerprint density at radius 1 is 1.19 bits per heavy atom. The van der Waals surface area contributed by atoms with Crippen LogP contribution in [0.3, 0.4) is 0 Å². The zero-order valence-corrected chi connectivity index (χ0v) is 16.0. The molecule has 1 aliphatic heterocycles. The molecule has 0 radical (unpaired) electrons. The summed E-state index contributed by atoms with van der Waals surface area (Å²) >= 11 is 1.43.